The van der Waals surface area contributed by atoms with E-state index in [1.54, 1.807) is 0 Å². The summed E-state index contributed by atoms with van der Waals surface area (Å²) >= 11 is 0. The van der Waals surface area contributed by atoms with Crippen molar-refractivity contribution in [3.05, 3.63) is 18.2 Å². The molecular formula is C19H28N6O2. The second-order valence-corrected chi connectivity index (χ2v) is 7.13. The largest absolute Gasteiger partial charge is 0.383 e. The van der Waals surface area contributed by atoms with Crippen LogP contribution in [0.3, 0.4) is 0 Å². The van der Waals surface area contributed by atoms with E-state index in [9.17, 15) is 0 Å². The minimum Gasteiger partial charge on any atom is -0.383 e. The Balaban J connectivity index is 1.71. The molecule has 4 rings (SSSR count). The summed E-state index contributed by atoms with van der Waals surface area (Å²) in [5.74, 6) is 1.89. The van der Waals surface area contributed by atoms with Gasteiger partial charge in [-0.1, -0.05) is 0 Å². The van der Waals surface area contributed by atoms with E-state index >= 15 is 0 Å². The van der Waals surface area contributed by atoms with Gasteiger partial charge in [0.2, 0.25) is 0 Å². The highest BCUT2D eigenvalue weighted by atomic mass is 16.5. The van der Waals surface area contributed by atoms with Gasteiger partial charge in [0, 0.05) is 44.5 Å². The lowest BCUT2D eigenvalue weighted by Crippen LogP contribution is -2.41. The Bertz CT molecular complexity index is 772. The second kappa shape index (κ2) is 8.24. The van der Waals surface area contributed by atoms with Crippen molar-refractivity contribution in [1.82, 2.24) is 9.97 Å². The van der Waals surface area contributed by atoms with E-state index < -0.39 is 0 Å². The highest BCUT2D eigenvalue weighted by Crippen LogP contribution is 2.30. The zero-order valence-corrected chi connectivity index (χ0v) is 15.9. The number of hydrogen-bond donors (Lipinski definition) is 2. The molecule has 146 valence electrons. The summed E-state index contributed by atoms with van der Waals surface area (Å²) in [6, 6.07) is 6.22. The third-order valence-electron chi connectivity index (χ3n) is 4.88. The van der Waals surface area contributed by atoms with Crippen LogP contribution in [-0.4, -0.2) is 75.2 Å². The SMILES string of the molecule is CC(N)CNc1ccc2nc(N3CCOCC3)c(N3CCOCC3)nc2c1. The number of morpholine rings is 2. The van der Waals surface area contributed by atoms with Gasteiger partial charge in [-0.3, -0.25) is 0 Å². The van der Waals surface area contributed by atoms with Gasteiger partial charge in [-0.2, -0.15) is 0 Å². The zero-order chi connectivity index (χ0) is 18.6. The molecule has 2 aromatic rings. The molecule has 0 amide bonds. The van der Waals surface area contributed by atoms with Crippen LogP contribution < -0.4 is 20.9 Å². The van der Waals surface area contributed by atoms with E-state index in [0.29, 0.717) is 0 Å². The molecule has 1 unspecified atom stereocenters. The molecule has 8 heteroatoms. The summed E-state index contributed by atoms with van der Waals surface area (Å²) in [5, 5.41) is 3.36. The van der Waals surface area contributed by atoms with Crippen LogP contribution in [0.15, 0.2) is 18.2 Å². The molecular weight excluding hydrogens is 344 g/mol. The molecule has 2 fully saturated rings. The average molecular weight is 372 g/mol. The van der Waals surface area contributed by atoms with E-state index in [0.717, 1.165) is 87.5 Å². The van der Waals surface area contributed by atoms with Gasteiger partial charge in [0.25, 0.3) is 0 Å². The number of fused-ring (bicyclic) bond motifs is 1. The second-order valence-electron chi connectivity index (χ2n) is 7.13. The molecule has 27 heavy (non-hydrogen) atoms. The van der Waals surface area contributed by atoms with Gasteiger partial charge in [0.05, 0.1) is 37.5 Å². The minimum absolute atomic E-state index is 0.0967. The van der Waals surface area contributed by atoms with Crippen molar-refractivity contribution in [3.8, 4) is 0 Å². The Kier molecular flexibility index (Phi) is 5.56. The lowest BCUT2D eigenvalue weighted by molar-refractivity contribution is 0.120. The average Bonchev–Trinajstić information content (AvgIpc) is 2.72. The van der Waals surface area contributed by atoms with Gasteiger partial charge >= 0.3 is 0 Å². The number of ether oxygens (including phenoxy) is 2. The number of aromatic nitrogens is 2. The maximum absolute atomic E-state index is 5.85. The van der Waals surface area contributed by atoms with Gasteiger partial charge in [-0.15, -0.1) is 0 Å². The first-order valence-corrected chi connectivity index (χ1v) is 9.67. The molecule has 3 N–H and O–H groups in total. The predicted octanol–water partition coefficient (Wildman–Crippen LogP) is 1.06. The maximum atomic E-state index is 5.85. The fraction of sp³-hybridized carbons (Fsp3) is 0.579. The van der Waals surface area contributed by atoms with Crippen molar-refractivity contribution in [2.24, 2.45) is 5.73 Å². The number of nitrogens with two attached hydrogens (primary N) is 1. The monoisotopic (exact) mass is 372 g/mol. The molecule has 0 bridgehead atoms. The number of rotatable bonds is 5. The summed E-state index contributed by atoms with van der Waals surface area (Å²) < 4.78 is 11.0. The molecule has 2 aliphatic rings. The van der Waals surface area contributed by atoms with Gasteiger partial charge < -0.3 is 30.3 Å². The summed E-state index contributed by atoms with van der Waals surface area (Å²) in [5.41, 5.74) is 8.66. The van der Waals surface area contributed by atoms with Crippen LogP contribution in [0.4, 0.5) is 17.3 Å². The van der Waals surface area contributed by atoms with Crippen molar-refractivity contribution in [2.75, 3.05) is 74.3 Å². The Morgan fingerprint density at radius 2 is 1.52 bits per heavy atom. The number of anilines is 3. The Morgan fingerprint density at radius 1 is 0.963 bits per heavy atom. The van der Waals surface area contributed by atoms with E-state index in [-0.39, 0.29) is 6.04 Å². The molecule has 0 radical (unpaired) electrons. The molecule has 0 saturated carbocycles. The number of hydrogen-bond acceptors (Lipinski definition) is 8. The van der Waals surface area contributed by atoms with Crippen LogP contribution in [0, 0.1) is 0 Å². The minimum atomic E-state index is 0.0967. The van der Waals surface area contributed by atoms with Crippen molar-refractivity contribution in [3.63, 3.8) is 0 Å². The molecule has 0 aliphatic carbocycles. The van der Waals surface area contributed by atoms with Crippen LogP contribution in [-0.2, 0) is 9.47 Å². The number of benzene rings is 1. The maximum Gasteiger partial charge on any atom is 0.172 e. The van der Waals surface area contributed by atoms with Crippen LogP contribution in [0.25, 0.3) is 11.0 Å². The number of nitrogens with zero attached hydrogens (tertiary/aromatic N) is 4. The highest BCUT2D eigenvalue weighted by molar-refractivity contribution is 5.84. The highest BCUT2D eigenvalue weighted by Gasteiger charge is 2.23. The fourth-order valence-electron chi connectivity index (χ4n) is 3.40. The van der Waals surface area contributed by atoms with Crippen molar-refractivity contribution < 1.29 is 9.47 Å². The third-order valence-corrected chi connectivity index (χ3v) is 4.88. The summed E-state index contributed by atoms with van der Waals surface area (Å²) in [4.78, 5) is 14.6. The quantitative estimate of drug-likeness (QED) is 0.806. The van der Waals surface area contributed by atoms with Crippen LogP contribution >= 0.6 is 0 Å². The van der Waals surface area contributed by atoms with Gasteiger partial charge in [0.15, 0.2) is 11.6 Å². The molecule has 1 aromatic heterocycles. The van der Waals surface area contributed by atoms with Crippen LogP contribution in [0.2, 0.25) is 0 Å². The molecule has 0 spiro atoms. The van der Waals surface area contributed by atoms with Gasteiger partial charge in [-0.05, 0) is 25.1 Å². The number of nitrogens with one attached hydrogen (secondary N) is 1. The first kappa shape index (κ1) is 18.2. The van der Waals surface area contributed by atoms with Crippen LogP contribution in [0.1, 0.15) is 6.92 Å². The fourth-order valence-corrected chi connectivity index (χ4v) is 3.40. The third kappa shape index (κ3) is 4.23. The Morgan fingerprint density at radius 3 is 2.07 bits per heavy atom. The van der Waals surface area contributed by atoms with Crippen molar-refractivity contribution >= 4 is 28.4 Å². The van der Waals surface area contributed by atoms with Crippen molar-refractivity contribution in [1.29, 1.82) is 0 Å². The smallest absolute Gasteiger partial charge is 0.172 e. The normalized spacial score (nSPS) is 19.3. The summed E-state index contributed by atoms with van der Waals surface area (Å²) in [6.07, 6.45) is 0. The van der Waals surface area contributed by atoms with Crippen LogP contribution in [0.5, 0.6) is 0 Å². The van der Waals surface area contributed by atoms with E-state index in [2.05, 4.69) is 21.2 Å². The predicted molar refractivity (Wildman–Crippen MR) is 108 cm³/mol. The summed E-state index contributed by atoms with van der Waals surface area (Å²) in [6.45, 7) is 8.94. The Hall–Kier alpha value is -2.16. The van der Waals surface area contributed by atoms with Crippen molar-refractivity contribution in [2.45, 2.75) is 13.0 Å². The molecule has 3 heterocycles. The lowest BCUT2D eigenvalue weighted by Gasteiger charge is -2.34. The lowest BCUT2D eigenvalue weighted by atomic mass is 10.2. The zero-order valence-electron chi connectivity index (χ0n) is 15.9. The topological polar surface area (TPSA) is 88.8 Å². The Labute approximate surface area is 159 Å². The molecule has 2 saturated heterocycles. The first-order chi connectivity index (χ1) is 13.2. The van der Waals surface area contributed by atoms with E-state index in [1.807, 2.05) is 19.1 Å². The molecule has 1 aromatic carbocycles. The molecule has 2 aliphatic heterocycles. The summed E-state index contributed by atoms with van der Waals surface area (Å²) in [7, 11) is 0. The van der Waals surface area contributed by atoms with Gasteiger partial charge in [-0.25, -0.2) is 9.97 Å². The van der Waals surface area contributed by atoms with E-state index in [4.69, 9.17) is 25.2 Å². The molecule has 8 nitrogen and oxygen atoms in total. The van der Waals surface area contributed by atoms with E-state index in [1.165, 1.54) is 0 Å². The van der Waals surface area contributed by atoms with Gasteiger partial charge in [0.1, 0.15) is 0 Å². The first-order valence-electron chi connectivity index (χ1n) is 9.67. The standard InChI is InChI=1S/C19H28N6O2/c1-14(20)13-21-15-2-3-16-17(12-15)23-19(25-6-10-27-11-7-25)18(22-16)24-4-8-26-9-5-24/h2-3,12,14,21H,4-11,13,20H2,1H3. The molecule has 1 atom stereocenters.